The second kappa shape index (κ2) is 4.17. The molecular formula is C17H11FN2. The van der Waals surface area contributed by atoms with Crippen LogP contribution in [-0.2, 0) is 0 Å². The van der Waals surface area contributed by atoms with Gasteiger partial charge in [-0.25, -0.2) is 9.37 Å². The van der Waals surface area contributed by atoms with Gasteiger partial charge in [0.25, 0.3) is 0 Å². The molecule has 96 valence electrons. The Morgan fingerprint density at radius 3 is 2.55 bits per heavy atom. The summed E-state index contributed by atoms with van der Waals surface area (Å²) in [6.45, 7) is 0. The lowest BCUT2D eigenvalue weighted by Gasteiger charge is -2.03. The summed E-state index contributed by atoms with van der Waals surface area (Å²) in [5.74, 6) is 0.330. The highest BCUT2D eigenvalue weighted by Gasteiger charge is 2.12. The van der Waals surface area contributed by atoms with Gasteiger partial charge in [0, 0.05) is 5.39 Å². The minimum atomic E-state index is -0.234. The second-order valence-electron chi connectivity index (χ2n) is 4.75. The lowest BCUT2D eigenvalue weighted by atomic mass is 10.1. The normalized spacial score (nSPS) is 11.2. The lowest BCUT2D eigenvalue weighted by Crippen LogP contribution is -1.88. The molecule has 0 aliphatic carbocycles. The maximum Gasteiger partial charge on any atom is 0.141 e. The summed E-state index contributed by atoms with van der Waals surface area (Å²) in [5, 5.41) is 1.51. The van der Waals surface area contributed by atoms with Crippen LogP contribution in [0, 0.1) is 5.82 Å². The van der Waals surface area contributed by atoms with Crippen LogP contribution in [0.1, 0.15) is 0 Å². The molecule has 0 fully saturated rings. The molecule has 1 heterocycles. The maximum atomic E-state index is 14.6. The average Bonchev–Trinajstić information content (AvgIpc) is 2.91. The fourth-order valence-corrected chi connectivity index (χ4v) is 2.50. The van der Waals surface area contributed by atoms with Crippen molar-refractivity contribution in [2.24, 2.45) is 0 Å². The van der Waals surface area contributed by atoms with E-state index in [-0.39, 0.29) is 5.82 Å². The van der Waals surface area contributed by atoms with Gasteiger partial charge in [-0.3, -0.25) is 0 Å². The highest BCUT2D eigenvalue weighted by molar-refractivity contribution is 5.88. The Labute approximate surface area is 114 Å². The molecular weight excluding hydrogens is 251 g/mol. The van der Waals surface area contributed by atoms with Gasteiger partial charge in [0.1, 0.15) is 11.6 Å². The van der Waals surface area contributed by atoms with E-state index in [2.05, 4.69) is 9.97 Å². The van der Waals surface area contributed by atoms with E-state index in [1.54, 1.807) is 12.1 Å². The quantitative estimate of drug-likeness (QED) is 0.536. The third kappa shape index (κ3) is 1.60. The van der Waals surface area contributed by atoms with Gasteiger partial charge in [0.15, 0.2) is 0 Å². The molecule has 1 aromatic heterocycles. The van der Waals surface area contributed by atoms with Crippen LogP contribution in [0.3, 0.4) is 0 Å². The number of para-hydroxylation sites is 2. The molecule has 1 N–H and O–H groups in total. The Hall–Kier alpha value is -2.68. The van der Waals surface area contributed by atoms with Gasteiger partial charge in [-0.05, 0) is 23.6 Å². The first-order chi connectivity index (χ1) is 9.83. The van der Waals surface area contributed by atoms with Crippen LogP contribution < -0.4 is 0 Å². The van der Waals surface area contributed by atoms with Crippen LogP contribution in [-0.4, -0.2) is 9.97 Å². The summed E-state index contributed by atoms with van der Waals surface area (Å²) in [6, 6.07) is 18.8. The molecule has 0 saturated carbocycles. The second-order valence-corrected chi connectivity index (χ2v) is 4.75. The highest BCUT2D eigenvalue weighted by atomic mass is 19.1. The molecule has 4 rings (SSSR count). The molecule has 0 spiro atoms. The number of aromatic nitrogens is 2. The molecule has 0 atom stereocenters. The van der Waals surface area contributed by atoms with E-state index in [0.717, 1.165) is 16.4 Å². The minimum Gasteiger partial charge on any atom is -0.338 e. The summed E-state index contributed by atoms with van der Waals surface area (Å²) in [6.07, 6.45) is 0. The predicted molar refractivity (Wildman–Crippen MR) is 79.0 cm³/mol. The summed E-state index contributed by atoms with van der Waals surface area (Å²) in [7, 11) is 0. The fourth-order valence-electron chi connectivity index (χ4n) is 2.50. The number of fused-ring (bicyclic) bond motifs is 2. The maximum absolute atomic E-state index is 14.6. The topological polar surface area (TPSA) is 28.7 Å². The molecule has 3 aromatic carbocycles. The SMILES string of the molecule is Fc1c(-c2nc3ccccc3[nH]2)ccc2ccccc12. The van der Waals surface area contributed by atoms with Crippen LogP contribution in [0.25, 0.3) is 33.2 Å². The zero-order valence-electron chi connectivity index (χ0n) is 10.6. The van der Waals surface area contributed by atoms with Crippen molar-refractivity contribution in [3.63, 3.8) is 0 Å². The van der Waals surface area contributed by atoms with Crippen LogP contribution in [0.4, 0.5) is 4.39 Å². The number of aromatic amines is 1. The highest BCUT2D eigenvalue weighted by Crippen LogP contribution is 2.28. The van der Waals surface area contributed by atoms with Crippen molar-refractivity contribution in [3.8, 4) is 11.4 Å². The van der Waals surface area contributed by atoms with E-state index in [0.29, 0.717) is 16.8 Å². The number of hydrogen-bond acceptors (Lipinski definition) is 1. The smallest absolute Gasteiger partial charge is 0.141 e. The third-order valence-corrected chi connectivity index (χ3v) is 3.51. The number of nitrogens with zero attached hydrogens (tertiary/aromatic N) is 1. The van der Waals surface area contributed by atoms with E-state index in [1.165, 1.54) is 0 Å². The molecule has 0 amide bonds. The number of imidazole rings is 1. The Morgan fingerprint density at radius 2 is 1.65 bits per heavy atom. The van der Waals surface area contributed by atoms with E-state index < -0.39 is 0 Å². The van der Waals surface area contributed by atoms with E-state index in [1.807, 2.05) is 48.5 Å². The fraction of sp³-hybridized carbons (Fsp3) is 0. The van der Waals surface area contributed by atoms with Crippen LogP contribution in [0.15, 0.2) is 60.7 Å². The van der Waals surface area contributed by atoms with Gasteiger partial charge < -0.3 is 4.98 Å². The largest absolute Gasteiger partial charge is 0.338 e. The molecule has 0 unspecified atom stereocenters. The Balaban J connectivity index is 1.99. The average molecular weight is 262 g/mol. The first-order valence-electron chi connectivity index (χ1n) is 6.45. The van der Waals surface area contributed by atoms with E-state index in [4.69, 9.17) is 0 Å². The van der Waals surface area contributed by atoms with Crippen molar-refractivity contribution in [2.45, 2.75) is 0 Å². The number of H-pyrrole nitrogens is 1. The van der Waals surface area contributed by atoms with Gasteiger partial charge in [0.2, 0.25) is 0 Å². The van der Waals surface area contributed by atoms with Crippen molar-refractivity contribution in [3.05, 3.63) is 66.5 Å². The number of nitrogens with one attached hydrogen (secondary N) is 1. The first-order valence-corrected chi connectivity index (χ1v) is 6.45. The van der Waals surface area contributed by atoms with E-state index >= 15 is 0 Å². The van der Waals surface area contributed by atoms with Crippen molar-refractivity contribution in [1.82, 2.24) is 9.97 Å². The Morgan fingerprint density at radius 1 is 0.850 bits per heavy atom. The summed E-state index contributed by atoms with van der Waals surface area (Å²) >= 11 is 0. The van der Waals surface area contributed by atoms with Crippen LogP contribution >= 0.6 is 0 Å². The van der Waals surface area contributed by atoms with Crippen LogP contribution in [0.5, 0.6) is 0 Å². The standard InChI is InChI=1S/C17H11FN2/c18-16-12-6-2-1-5-11(12)9-10-13(16)17-19-14-7-3-4-8-15(14)20-17/h1-10H,(H,19,20). The van der Waals surface area contributed by atoms with Crippen molar-refractivity contribution in [1.29, 1.82) is 0 Å². The number of rotatable bonds is 1. The first kappa shape index (κ1) is 11.2. The van der Waals surface area contributed by atoms with Gasteiger partial charge >= 0.3 is 0 Å². The molecule has 20 heavy (non-hydrogen) atoms. The molecule has 0 aliphatic heterocycles. The van der Waals surface area contributed by atoms with Gasteiger partial charge in [0.05, 0.1) is 16.6 Å². The molecule has 0 bridgehead atoms. The van der Waals surface area contributed by atoms with E-state index in [9.17, 15) is 4.39 Å². The van der Waals surface area contributed by atoms with Crippen molar-refractivity contribution < 1.29 is 4.39 Å². The number of hydrogen-bond donors (Lipinski definition) is 1. The molecule has 3 heteroatoms. The monoisotopic (exact) mass is 262 g/mol. The minimum absolute atomic E-state index is 0.234. The number of halogens is 1. The van der Waals surface area contributed by atoms with Gasteiger partial charge in [-0.15, -0.1) is 0 Å². The van der Waals surface area contributed by atoms with Crippen molar-refractivity contribution in [2.75, 3.05) is 0 Å². The van der Waals surface area contributed by atoms with Gasteiger partial charge in [-0.2, -0.15) is 0 Å². The Bertz CT molecular complexity index is 891. The molecule has 2 nitrogen and oxygen atoms in total. The molecule has 0 aliphatic rings. The van der Waals surface area contributed by atoms with Crippen LogP contribution in [0.2, 0.25) is 0 Å². The Kier molecular flexibility index (Phi) is 2.33. The zero-order chi connectivity index (χ0) is 13.5. The third-order valence-electron chi connectivity index (χ3n) is 3.51. The summed E-state index contributed by atoms with van der Waals surface area (Å²) in [4.78, 5) is 7.62. The van der Waals surface area contributed by atoms with Gasteiger partial charge in [-0.1, -0.05) is 42.5 Å². The number of benzene rings is 3. The molecule has 4 aromatic rings. The predicted octanol–water partition coefficient (Wildman–Crippen LogP) is 4.52. The lowest BCUT2D eigenvalue weighted by molar-refractivity contribution is 0.642. The van der Waals surface area contributed by atoms with Crippen molar-refractivity contribution >= 4 is 21.8 Å². The zero-order valence-corrected chi connectivity index (χ0v) is 10.6. The molecule has 0 saturated heterocycles. The summed E-state index contributed by atoms with van der Waals surface area (Å²) < 4.78 is 14.6. The summed E-state index contributed by atoms with van der Waals surface area (Å²) in [5.41, 5.74) is 2.25. The molecule has 0 radical (unpaired) electrons.